The first kappa shape index (κ1) is 19.3. The lowest BCUT2D eigenvalue weighted by Gasteiger charge is -2.29. The van der Waals surface area contributed by atoms with Crippen LogP contribution in [0.3, 0.4) is 0 Å². The Morgan fingerprint density at radius 1 is 1.16 bits per heavy atom. The van der Waals surface area contributed by atoms with E-state index in [0.29, 0.717) is 18.1 Å². The second-order valence-electron chi connectivity index (χ2n) is 6.74. The van der Waals surface area contributed by atoms with Gasteiger partial charge in [-0.05, 0) is 49.4 Å². The van der Waals surface area contributed by atoms with Gasteiger partial charge in [0, 0.05) is 6.04 Å². The van der Waals surface area contributed by atoms with Crippen LogP contribution < -0.4 is 10.1 Å². The van der Waals surface area contributed by atoms with Crippen molar-refractivity contribution in [1.82, 2.24) is 5.32 Å². The molecule has 1 aliphatic carbocycles. The summed E-state index contributed by atoms with van der Waals surface area (Å²) in [6.45, 7) is 4.69. The molecular weight excluding hydrogens is 318 g/mol. The van der Waals surface area contributed by atoms with E-state index in [2.05, 4.69) is 19.2 Å². The topological polar surface area (TPSA) is 64.6 Å². The molecule has 1 amide bonds. The summed E-state index contributed by atoms with van der Waals surface area (Å²) in [4.78, 5) is 24.0. The average molecular weight is 347 g/mol. The van der Waals surface area contributed by atoms with Crippen molar-refractivity contribution >= 4 is 11.9 Å². The van der Waals surface area contributed by atoms with Crippen molar-refractivity contribution in [1.29, 1.82) is 0 Å². The molecule has 1 aromatic carbocycles. The monoisotopic (exact) mass is 347 g/mol. The van der Waals surface area contributed by atoms with E-state index in [9.17, 15) is 9.59 Å². The molecule has 0 unspecified atom stereocenters. The van der Waals surface area contributed by atoms with Crippen molar-refractivity contribution in [3.63, 3.8) is 0 Å². The van der Waals surface area contributed by atoms with Gasteiger partial charge in [0.1, 0.15) is 5.75 Å². The molecule has 1 N–H and O–H groups in total. The van der Waals surface area contributed by atoms with Gasteiger partial charge < -0.3 is 14.8 Å². The lowest BCUT2D eigenvalue weighted by molar-refractivity contribution is -0.125. The van der Waals surface area contributed by atoms with Gasteiger partial charge >= 0.3 is 5.97 Å². The van der Waals surface area contributed by atoms with Gasteiger partial charge in [-0.1, -0.05) is 33.1 Å². The molecule has 0 bridgehead atoms. The summed E-state index contributed by atoms with van der Waals surface area (Å²) in [5.41, 5.74) is 0.418. The van der Waals surface area contributed by atoms with Gasteiger partial charge in [-0.25, -0.2) is 4.79 Å². The van der Waals surface area contributed by atoms with Gasteiger partial charge in [-0.3, -0.25) is 4.79 Å². The quantitative estimate of drug-likeness (QED) is 0.575. The molecule has 0 spiro atoms. The largest absolute Gasteiger partial charge is 0.494 e. The molecule has 1 fully saturated rings. The average Bonchev–Trinajstić information content (AvgIpc) is 2.62. The number of rotatable bonds is 8. The number of hydrogen-bond donors (Lipinski definition) is 1. The Hall–Kier alpha value is -2.04. The minimum Gasteiger partial charge on any atom is -0.494 e. The molecule has 0 heterocycles. The Bertz CT molecular complexity index is 555. The van der Waals surface area contributed by atoms with Crippen LogP contribution in [-0.2, 0) is 9.53 Å². The number of nitrogens with one attached hydrogen (secondary N) is 1. The number of amides is 1. The molecule has 2 atom stereocenters. The predicted octanol–water partition coefficient (Wildman–Crippen LogP) is 3.72. The van der Waals surface area contributed by atoms with Crippen LogP contribution in [0.1, 0.15) is 62.7 Å². The molecule has 0 radical (unpaired) electrons. The zero-order valence-electron chi connectivity index (χ0n) is 15.3. The van der Waals surface area contributed by atoms with Crippen molar-refractivity contribution in [2.45, 2.75) is 58.4 Å². The van der Waals surface area contributed by atoms with Gasteiger partial charge in [0.2, 0.25) is 0 Å². The van der Waals surface area contributed by atoms with Crippen molar-refractivity contribution in [2.75, 3.05) is 13.2 Å². The van der Waals surface area contributed by atoms with Crippen molar-refractivity contribution in [2.24, 2.45) is 5.92 Å². The standard InChI is InChI=1S/C20H29NO4/c1-3-4-13-24-17-11-9-16(10-12-17)20(23)25-14-19(22)21-18-8-6-5-7-15(18)2/h9-12,15,18H,3-8,13-14H2,1-2H3,(H,21,22)/t15-,18+/m0/s1. The summed E-state index contributed by atoms with van der Waals surface area (Å²) in [5, 5.41) is 2.98. The third kappa shape index (κ3) is 6.40. The smallest absolute Gasteiger partial charge is 0.338 e. The van der Waals surface area contributed by atoms with Gasteiger partial charge in [0.15, 0.2) is 6.61 Å². The van der Waals surface area contributed by atoms with Gasteiger partial charge in [0.05, 0.1) is 12.2 Å². The second-order valence-corrected chi connectivity index (χ2v) is 6.74. The molecule has 0 aromatic heterocycles. The Balaban J connectivity index is 1.74. The van der Waals surface area contributed by atoms with Crippen LogP contribution in [0.2, 0.25) is 0 Å². The fraction of sp³-hybridized carbons (Fsp3) is 0.600. The molecule has 0 saturated heterocycles. The molecule has 0 aliphatic heterocycles. The van der Waals surface area contributed by atoms with E-state index in [1.807, 2.05) is 0 Å². The zero-order chi connectivity index (χ0) is 18.1. The fourth-order valence-corrected chi connectivity index (χ4v) is 3.02. The number of benzene rings is 1. The number of carbonyl (C=O) groups is 2. The zero-order valence-corrected chi connectivity index (χ0v) is 15.3. The van der Waals surface area contributed by atoms with E-state index in [1.54, 1.807) is 24.3 Å². The first-order chi connectivity index (χ1) is 12.1. The van der Waals surface area contributed by atoms with Crippen LogP contribution in [0.5, 0.6) is 5.75 Å². The summed E-state index contributed by atoms with van der Waals surface area (Å²) in [6.07, 6.45) is 6.57. The van der Waals surface area contributed by atoms with Crippen LogP contribution in [-0.4, -0.2) is 31.1 Å². The van der Waals surface area contributed by atoms with E-state index in [-0.39, 0.29) is 18.6 Å². The van der Waals surface area contributed by atoms with Crippen LogP contribution in [0.15, 0.2) is 24.3 Å². The highest BCUT2D eigenvalue weighted by molar-refractivity contribution is 5.91. The van der Waals surface area contributed by atoms with E-state index in [4.69, 9.17) is 9.47 Å². The Labute approximate surface area is 150 Å². The lowest BCUT2D eigenvalue weighted by atomic mass is 9.86. The number of carbonyl (C=O) groups excluding carboxylic acids is 2. The molecule has 5 heteroatoms. The summed E-state index contributed by atoms with van der Waals surface area (Å²) in [5.74, 6) is 0.487. The van der Waals surface area contributed by atoms with Crippen LogP contribution in [0, 0.1) is 5.92 Å². The van der Waals surface area contributed by atoms with Crippen LogP contribution in [0.25, 0.3) is 0 Å². The molecule has 2 rings (SSSR count). The second kappa shape index (κ2) is 10.1. The normalized spacial score (nSPS) is 19.9. The SMILES string of the molecule is CCCCOc1ccc(C(=O)OCC(=O)N[C@@H]2CCCC[C@@H]2C)cc1. The molecule has 138 valence electrons. The lowest BCUT2D eigenvalue weighted by Crippen LogP contribution is -2.42. The van der Waals surface area contributed by atoms with Crippen molar-refractivity contribution in [3.05, 3.63) is 29.8 Å². The summed E-state index contributed by atoms with van der Waals surface area (Å²) >= 11 is 0. The number of hydrogen-bond acceptors (Lipinski definition) is 4. The highest BCUT2D eigenvalue weighted by Crippen LogP contribution is 2.23. The molecular formula is C20H29NO4. The number of esters is 1. The maximum Gasteiger partial charge on any atom is 0.338 e. The molecule has 1 saturated carbocycles. The highest BCUT2D eigenvalue weighted by Gasteiger charge is 2.23. The number of ether oxygens (including phenoxy) is 2. The summed E-state index contributed by atoms with van der Waals surface area (Å²) in [7, 11) is 0. The van der Waals surface area contributed by atoms with E-state index >= 15 is 0 Å². The van der Waals surface area contributed by atoms with E-state index in [0.717, 1.165) is 37.9 Å². The van der Waals surface area contributed by atoms with E-state index in [1.165, 1.54) is 6.42 Å². The van der Waals surface area contributed by atoms with Gasteiger partial charge in [0.25, 0.3) is 5.91 Å². The van der Waals surface area contributed by atoms with Crippen LogP contribution in [0.4, 0.5) is 0 Å². The molecule has 25 heavy (non-hydrogen) atoms. The van der Waals surface area contributed by atoms with Crippen LogP contribution >= 0.6 is 0 Å². The minimum atomic E-state index is -0.494. The predicted molar refractivity (Wildman–Crippen MR) is 96.7 cm³/mol. The summed E-state index contributed by atoms with van der Waals surface area (Å²) in [6, 6.07) is 7.00. The maximum atomic E-state index is 12.0. The highest BCUT2D eigenvalue weighted by atomic mass is 16.5. The van der Waals surface area contributed by atoms with Gasteiger partial charge in [-0.2, -0.15) is 0 Å². The van der Waals surface area contributed by atoms with Crippen molar-refractivity contribution in [3.8, 4) is 5.75 Å². The fourth-order valence-electron chi connectivity index (χ4n) is 3.02. The molecule has 5 nitrogen and oxygen atoms in total. The Morgan fingerprint density at radius 2 is 1.88 bits per heavy atom. The Morgan fingerprint density at radius 3 is 2.56 bits per heavy atom. The molecule has 1 aromatic rings. The maximum absolute atomic E-state index is 12.0. The summed E-state index contributed by atoms with van der Waals surface area (Å²) < 4.78 is 10.7. The third-order valence-electron chi connectivity index (χ3n) is 4.65. The first-order valence-electron chi connectivity index (χ1n) is 9.29. The number of unbranched alkanes of at least 4 members (excludes halogenated alkanes) is 1. The van der Waals surface area contributed by atoms with E-state index < -0.39 is 5.97 Å². The van der Waals surface area contributed by atoms with Gasteiger partial charge in [-0.15, -0.1) is 0 Å². The minimum absolute atomic E-state index is 0.194. The third-order valence-corrected chi connectivity index (χ3v) is 4.65. The molecule has 1 aliphatic rings. The first-order valence-corrected chi connectivity index (χ1v) is 9.29. The Kier molecular flexibility index (Phi) is 7.76. The van der Waals surface area contributed by atoms with Crippen molar-refractivity contribution < 1.29 is 19.1 Å².